The minimum absolute atomic E-state index is 0. The molecule has 1 aromatic heterocycles. The number of anilines is 1. The molecule has 3 N–H and O–H groups in total. The fraction of sp³-hybridized carbons (Fsp3) is 0.267. The van der Waals surface area contributed by atoms with Gasteiger partial charge in [0.1, 0.15) is 0 Å². The second-order valence-corrected chi connectivity index (χ2v) is 6.00. The molecule has 0 bridgehead atoms. The standard InChI is InChI=1S/C15H17ClN2OS.ClH/c16-12-9-14(20-10-12)5-6-15(19)18-8-7-11-1-3-13(17)4-2-11;/h1-4,9-10H,5-8,17H2,(H,18,19);1H. The lowest BCUT2D eigenvalue weighted by Gasteiger charge is -2.05. The second kappa shape index (κ2) is 8.93. The third kappa shape index (κ3) is 6.38. The molecule has 2 aromatic rings. The zero-order valence-corrected chi connectivity index (χ0v) is 13.9. The molecule has 0 aliphatic heterocycles. The lowest BCUT2D eigenvalue weighted by atomic mass is 10.1. The molecule has 0 aliphatic rings. The molecular formula is C15H18Cl2N2OS. The normalized spacial score (nSPS) is 9.95. The van der Waals surface area contributed by atoms with Crippen LogP contribution in [0, 0.1) is 0 Å². The van der Waals surface area contributed by atoms with Gasteiger partial charge in [0.2, 0.25) is 5.91 Å². The zero-order valence-electron chi connectivity index (χ0n) is 11.5. The smallest absolute Gasteiger partial charge is 0.220 e. The highest BCUT2D eigenvalue weighted by molar-refractivity contribution is 7.10. The van der Waals surface area contributed by atoms with Crippen LogP contribution in [0.25, 0.3) is 0 Å². The minimum Gasteiger partial charge on any atom is -0.399 e. The summed E-state index contributed by atoms with van der Waals surface area (Å²) >= 11 is 7.43. The first-order valence-electron chi connectivity index (χ1n) is 6.47. The van der Waals surface area contributed by atoms with E-state index in [-0.39, 0.29) is 18.3 Å². The summed E-state index contributed by atoms with van der Waals surface area (Å²) in [6.07, 6.45) is 2.06. The van der Waals surface area contributed by atoms with Crippen LogP contribution >= 0.6 is 35.3 Å². The Bertz CT molecular complexity index is 569. The number of benzene rings is 1. The molecule has 0 saturated carbocycles. The first-order valence-corrected chi connectivity index (χ1v) is 7.73. The molecule has 1 heterocycles. The van der Waals surface area contributed by atoms with Crippen LogP contribution in [0.15, 0.2) is 35.7 Å². The second-order valence-electron chi connectivity index (χ2n) is 4.57. The van der Waals surface area contributed by atoms with Gasteiger partial charge in [0.15, 0.2) is 0 Å². The topological polar surface area (TPSA) is 55.1 Å². The Morgan fingerprint density at radius 3 is 2.57 bits per heavy atom. The van der Waals surface area contributed by atoms with Crippen molar-refractivity contribution in [2.24, 2.45) is 0 Å². The van der Waals surface area contributed by atoms with Gasteiger partial charge in [-0.15, -0.1) is 23.7 Å². The number of carbonyl (C=O) groups is 1. The first kappa shape index (κ1) is 17.8. The van der Waals surface area contributed by atoms with E-state index in [9.17, 15) is 4.79 Å². The van der Waals surface area contributed by atoms with Crippen molar-refractivity contribution in [3.8, 4) is 0 Å². The van der Waals surface area contributed by atoms with Gasteiger partial charge in [0, 0.05) is 28.9 Å². The molecule has 0 saturated heterocycles. The van der Waals surface area contributed by atoms with Crippen molar-refractivity contribution >= 4 is 46.9 Å². The number of aryl methyl sites for hydroxylation is 1. The predicted octanol–water partition coefficient (Wildman–Crippen LogP) is 3.70. The monoisotopic (exact) mass is 344 g/mol. The van der Waals surface area contributed by atoms with Gasteiger partial charge < -0.3 is 11.1 Å². The summed E-state index contributed by atoms with van der Waals surface area (Å²) in [5.74, 6) is 0.0740. The molecule has 2 rings (SSSR count). The molecular weight excluding hydrogens is 327 g/mol. The summed E-state index contributed by atoms with van der Waals surface area (Å²) in [7, 11) is 0. The molecule has 114 valence electrons. The maximum absolute atomic E-state index is 11.7. The van der Waals surface area contributed by atoms with E-state index in [4.69, 9.17) is 17.3 Å². The SMILES string of the molecule is Cl.Nc1ccc(CCNC(=O)CCc2cc(Cl)cs2)cc1. The van der Waals surface area contributed by atoms with Crippen LogP contribution in [0.1, 0.15) is 16.9 Å². The van der Waals surface area contributed by atoms with Gasteiger partial charge in [-0.3, -0.25) is 4.79 Å². The molecule has 0 atom stereocenters. The Labute approximate surface area is 139 Å². The summed E-state index contributed by atoms with van der Waals surface area (Å²) in [6.45, 7) is 0.647. The molecule has 0 radical (unpaired) electrons. The molecule has 3 nitrogen and oxygen atoms in total. The lowest BCUT2D eigenvalue weighted by Crippen LogP contribution is -2.25. The number of hydrogen-bond acceptors (Lipinski definition) is 3. The van der Waals surface area contributed by atoms with Crippen LogP contribution < -0.4 is 11.1 Å². The van der Waals surface area contributed by atoms with Gasteiger partial charge in [-0.25, -0.2) is 0 Å². The highest BCUT2D eigenvalue weighted by Gasteiger charge is 2.04. The molecule has 6 heteroatoms. The number of nitrogen functional groups attached to an aromatic ring is 1. The van der Waals surface area contributed by atoms with Gasteiger partial charge in [0.05, 0.1) is 5.02 Å². The van der Waals surface area contributed by atoms with E-state index < -0.39 is 0 Å². The highest BCUT2D eigenvalue weighted by Crippen LogP contribution is 2.20. The number of nitrogens with one attached hydrogen (secondary N) is 1. The lowest BCUT2D eigenvalue weighted by molar-refractivity contribution is -0.121. The highest BCUT2D eigenvalue weighted by atomic mass is 35.5. The van der Waals surface area contributed by atoms with Gasteiger partial charge in [-0.05, 0) is 36.6 Å². The number of amides is 1. The average Bonchev–Trinajstić information content (AvgIpc) is 2.85. The number of hydrogen-bond donors (Lipinski definition) is 2. The van der Waals surface area contributed by atoms with Crippen LogP contribution in [0.5, 0.6) is 0 Å². The maximum Gasteiger partial charge on any atom is 0.220 e. The van der Waals surface area contributed by atoms with Gasteiger partial charge >= 0.3 is 0 Å². The van der Waals surface area contributed by atoms with Crippen molar-refractivity contribution < 1.29 is 4.79 Å². The fourth-order valence-electron chi connectivity index (χ4n) is 1.84. The van der Waals surface area contributed by atoms with E-state index >= 15 is 0 Å². The van der Waals surface area contributed by atoms with Gasteiger partial charge in [0.25, 0.3) is 0 Å². The van der Waals surface area contributed by atoms with E-state index in [1.807, 2.05) is 35.7 Å². The number of nitrogens with two attached hydrogens (primary N) is 1. The number of carbonyl (C=O) groups excluding carboxylic acids is 1. The van der Waals surface area contributed by atoms with Crippen LogP contribution in [-0.2, 0) is 17.6 Å². The van der Waals surface area contributed by atoms with Crippen molar-refractivity contribution in [1.82, 2.24) is 5.32 Å². The number of rotatable bonds is 6. The Morgan fingerprint density at radius 1 is 1.24 bits per heavy atom. The number of halogens is 2. The van der Waals surface area contributed by atoms with Gasteiger partial charge in [-0.1, -0.05) is 23.7 Å². The summed E-state index contributed by atoms with van der Waals surface area (Å²) in [5, 5.41) is 5.55. The Kier molecular flexibility index (Phi) is 7.57. The Morgan fingerprint density at radius 2 is 1.95 bits per heavy atom. The molecule has 0 fully saturated rings. The predicted molar refractivity (Wildman–Crippen MR) is 92.5 cm³/mol. The summed E-state index contributed by atoms with van der Waals surface area (Å²) in [6, 6.07) is 9.62. The maximum atomic E-state index is 11.7. The zero-order chi connectivity index (χ0) is 14.4. The summed E-state index contributed by atoms with van der Waals surface area (Å²) < 4.78 is 0. The molecule has 0 spiro atoms. The van der Waals surface area contributed by atoms with Crippen molar-refractivity contribution in [1.29, 1.82) is 0 Å². The van der Waals surface area contributed by atoms with E-state index in [2.05, 4.69) is 5.32 Å². The van der Waals surface area contributed by atoms with Crippen LogP contribution in [-0.4, -0.2) is 12.5 Å². The molecule has 0 unspecified atom stereocenters. The van der Waals surface area contributed by atoms with E-state index in [1.54, 1.807) is 11.3 Å². The van der Waals surface area contributed by atoms with Crippen LogP contribution in [0.2, 0.25) is 5.02 Å². The van der Waals surface area contributed by atoms with Crippen molar-refractivity contribution in [2.75, 3.05) is 12.3 Å². The molecule has 1 aromatic carbocycles. The number of thiophene rings is 1. The van der Waals surface area contributed by atoms with Crippen molar-refractivity contribution in [3.05, 3.63) is 51.2 Å². The van der Waals surface area contributed by atoms with Gasteiger partial charge in [-0.2, -0.15) is 0 Å². The van der Waals surface area contributed by atoms with Crippen molar-refractivity contribution in [3.63, 3.8) is 0 Å². The van der Waals surface area contributed by atoms with E-state index in [0.29, 0.717) is 13.0 Å². The minimum atomic E-state index is 0. The molecule has 21 heavy (non-hydrogen) atoms. The van der Waals surface area contributed by atoms with Crippen molar-refractivity contribution in [2.45, 2.75) is 19.3 Å². The third-order valence-corrected chi connectivity index (χ3v) is 4.28. The van der Waals surface area contributed by atoms with E-state index in [0.717, 1.165) is 28.4 Å². The summed E-state index contributed by atoms with van der Waals surface area (Å²) in [4.78, 5) is 12.9. The third-order valence-electron chi connectivity index (χ3n) is 2.94. The largest absolute Gasteiger partial charge is 0.399 e. The average molecular weight is 345 g/mol. The quantitative estimate of drug-likeness (QED) is 0.785. The molecule has 1 amide bonds. The van der Waals surface area contributed by atoms with E-state index in [1.165, 1.54) is 5.56 Å². The fourth-order valence-corrected chi connectivity index (χ4v) is 2.92. The van der Waals surface area contributed by atoms with Crippen LogP contribution in [0.4, 0.5) is 5.69 Å². The molecule has 0 aliphatic carbocycles. The van der Waals surface area contributed by atoms with Crippen LogP contribution in [0.3, 0.4) is 0 Å². The first-order chi connectivity index (χ1) is 9.63. The summed E-state index contributed by atoms with van der Waals surface area (Å²) in [5.41, 5.74) is 7.55. The Hall–Kier alpha value is -1.23. The Balaban J connectivity index is 0.00000220.